The summed E-state index contributed by atoms with van der Waals surface area (Å²) in [6.45, 7) is 3.68. The van der Waals surface area contributed by atoms with E-state index in [1.165, 1.54) is 30.9 Å². The highest BCUT2D eigenvalue weighted by Crippen LogP contribution is 2.40. The lowest BCUT2D eigenvalue weighted by atomic mass is 10.1. The molecule has 0 N–H and O–H groups in total. The van der Waals surface area contributed by atoms with Gasteiger partial charge in [0.25, 0.3) is 5.69 Å². The highest BCUT2D eigenvalue weighted by molar-refractivity contribution is 5.97. The number of methoxy groups -OCH3 is 1. The van der Waals surface area contributed by atoms with Crippen LogP contribution in [-0.2, 0) is 4.79 Å². The third kappa shape index (κ3) is 5.18. The van der Waals surface area contributed by atoms with E-state index in [2.05, 4.69) is 4.90 Å². The first-order chi connectivity index (χ1) is 14.0. The van der Waals surface area contributed by atoms with E-state index in [1.807, 2.05) is 0 Å². The number of hydrogen-bond acceptors (Lipinski definition) is 6. The van der Waals surface area contributed by atoms with Gasteiger partial charge in [-0.25, -0.2) is 0 Å². The summed E-state index contributed by atoms with van der Waals surface area (Å²) in [5.41, 5.74) is 0.0994. The first-order valence-corrected chi connectivity index (χ1v) is 10.5. The van der Waals surface area contributed by atoms with Crippen molar-refractivity contribution in [2.24, 2.45) is 5.92 Å². The van der Waals surface area contributed by atoms with Gasteiger partial charge in [-0.05, 0) is 45.2 Å². The Bertz CT molecular complexity index is 727. The van der Waals surface area contributed by atoms with E-state index in [-0.39, 0.29) is 23.2 Å². The highest BCUT2D eigenvalue weighted by Gasteiger charge is 2.31. The first-order valence-electron chi connectivity index (χ1n) is 10.5. The van der Waals surface area contributed by atoms with Crippen LogP contribution in [0.3, 0.4) is 0 Å². The molecule has 2 fully saturated rings. The molecule has 160 valence electrons. The van der Waals surface area contributed by atoms with E-state index in [9.17, 15) is 14.9 Å². The fourth-order valence-corrected chi connectivity index (χ4v) is 4.27. The minimum atomic E-state index is -0.468. The Labute approximate surface area is 171 Å². The number of anilines is 1. The molecule has 2 aliphatic rings. The second-order valence-electron chi connectivity index (χ2n) is 7.88. The zero-order valence-electron chi connectivity index (χ0n) is 17.4. The molecular formula is C21H31N3O5. The minimum Gasteiger partial charge on any atom is -0.493 e. The maximum absolute atomic E-state index is 12.8. The fourth-order valence-electron chi connectivity index (χ4n) is 4.27. The Balaban J connectivity index is 1.73. The minimum absolute atomic E-state index is 0.0629. The van der Waals surface area contributed by atoms with E-state index >= 15 is 0 Å². The van der Waals surface area contributed by atoms with Gasteiger partial charge in [-0.2, -0.15) is 0 Å². The summed E-state index contributed by atoms with van der Waals surface area (Å²) in [6.07, 6.45) is 7.07. The van der Waals surface area contributed by atoms with Crippen molar-refractivity contribution in [2.45, 2.75) is 44.9 Å². The molecule has 0 radical (unpaired) electrons. The molecule has 1 saturated heterocycles. The Kier molecular flexibility index (Phi) is 7.30. The standard InChI is InChI=1S/C21H31N3O5/c1-22(21(25)16-8-3-4-9-16)17-14-19(28-2)20(15-18(17)24(26)27)29-13-7-12-23-10-5-6-11-23/h14-16H,3-13H2,1-2H3. The molecule has 0 spiro atoms. The summed E-state index contributed by atoms with van der Waals surface area (Å²) >= 11 is 0. The molecule has 1 amide bonds. The SMILES string of the molecule is COc1cc(N(C)C(=O)C2CCCC2)c([N+](=O)[O-])cc1OCCCN1CCCC1. The summed E-state index contributed by atoms with van der Waals surface area (Å²) < 4.78 is 11.2. The van der Waals surface area contributed by atoms with E-state index in [4.69, 9.17) is 9.47 Å². The third-order valence-electron chi connectivity index (χ3n) is 5.93. The quantitative estimate of drug-likeness (QED) is 0.354. The summed E-state index contributed by atoms with van der Waals surface area (Å²) in [7, 11) is 3.10. The van der Waals surface area contributed by atoms with Gasteiger partial charge in [-0.15, -0.1) is 0 Å². The smallest absolute Gasteiger partial charge is 0.296 e. The molecule has 0 bridgehead atoms. The molecule has 29 heavy (non-hydrogen) atoms. The normalized spacial score (nSPS) is 17.4. The molecule has 0 unspecified atom stereocenters. The van der Waals surface area contributed by atoms with Gasteiger partial charge in [0.15, 0.2) is 11.5 Å². The number of carbonyl (C=O) groups excluding carboxylic acids is 1. The van der Waals surface area contributed by atoms with Crippen molar-refractivity contribution < 1.29 is 19.2 Å². The lowest BCUT2D eigenvalue weighted by molar-refractivity contribution is -0.384. The van der Waals surface area contributed by atoms with Gasteiger partial charge in [0.1, 0.15) is 5.69 Å². The maximum atomic E-state index is 12.8. The molecule has 0 atom stereocenters. The molecule has 1 saturated carbocycles. The van der Waals surface area contributed by atoms with E-state index in [0.717, 1.165) is 51.7 Å². The average Bonchev–Trinajstić information content (AvgIpc) is 3.43. The number of ether oxygens (including phenoxy) is 2. The number of carbonyl (C=O) groups is 1. The summed E-state index contributed by atoms with van der Waals surface area (Å²) in [4.78, 5) is 27.8. The van der Waals surface area contributed by atoms with Crippen molar-refractivity contribution in [1.29, 1.82) is 0 Å². The Morgan fingerprint density at radius 3 is 2.52 bits per heavy atom. The van der Waals surface area contributed by atoms with Gasteiger partial charge in [-0.3, -0.25) is 14.9 Å². The van der Waals surface area contributed by atoms with Gasteiger partial charge in [0.2, 0.25) is 5.91 Å². The number of nitro benzene ring substituents is 1. The largest absolute Gasteiger partial charge is 0.493 e. The Morgan fingerprint density at radius 2 is 1.90 bits per heavy atom. The van der Waals surface area contributed by atoms with Crippen LogP contribution >= 0.6 is 0 Å². The van der Waals surface area contributed by atoms with Crippen LogP contribution in [0.5, 0.6) is 11.5 Å². The predicted octanol–water partition coefficient (Wildman–Crippen LogP) is 3.62. The average molecular weight is 405 g/mol. The molecular weight excluding hydrogens is 374 g/mol. The van der Waals surface area contributed by atoms with Crippen LogP contribution in [0, 0.1) is 16.0 Å². The monoisotopic (exact) mass is 405 g/mol. The van der Waals surface area contributed by atoms with Crippen LogP contribution in [0.2, 0.25) is 0 Å². The Hall–Kier alpha value is -2.35. The number of nitrogens with zero attached hydrogens (tertiary/aromatic N) is 3. The van der Waals surface area contributed by atoms with E-state index < -0.39 is 4.92 Å². The molecule has 3 rings (SSSR count). The maximum Gasteiger partial charge on any atom is 0.296 e. The predicted molar refractivity (Wildman–Crippen MR) is 111 cm³/mol. The zero-order chi connectivity index (χ0) is 20.8. The van der Waals surface area contributed by atoms with Crippen molar-refractivity contribution in [3.63, 3.8) is 0 Å². The number of rotatable bonds is 9. The van der Waals surface area contributed by atoms with Gasteiger partial charge < -0.3 is 19.3 Å². The van der Waals surface area contributed by atoms with Crippen LogP contribution in [0.25, 0.3) is 0 Å². The number of amides is 1. The lowest BCUT2D eigenvalue weighted by Crippen LogP contribution is -2.32. The first kappa shape index (κ1) is 21.4. The Morgan fingerprint density at radius 1 is 1.21 bits per heavy atom. The molecule has 1 aromatic carbocycles. The van der Waals surface area contributed by atoms with Gasteiger partial charge in [-0.1, -0.05) is 12.8 Å². The van der Waals surface area contributed by atoms with Crippen LogP contribution in [0.4, 0.5) is 11.4 Å². The van der Waals surface area contributed by atoms with Gasteiger partial charge >= 0.3 is 0 Å². The van der Waals surface area contributed by atoms with Gasteiger partial charge in [0, 0.05) is 25.6 Å². The van der Waals surface area contributed by atoms with Crippen LogP contribution < -0.4 is 14.4 Å². The second-order valence-corrected chi connectivity index (χ2v) is 7.88. The van der Waals surface area contributed by atoms with Crippen LogP contribution in [0.1, 0.15) is 44.9 Å². The topological polar surface area (TPSA) is 85.1 Å². The van der Waals surface area contributed by atoms with Crippen molar-refractivity contribution >= 4 is 17.3 Å². The van der Waals surface area contributed by atoms with Crippen molar-refractivity contribution in [3.05, 3.63) is 22.2 Å². The molecule has 1 heterocycles. The van der Waals surface area contributed by atoms with E-state index in [1.54, 1.807) is 13.1 Å². The molecule has 1 aliphatic heterocycles. The second kappa shape index (κ2) is 9.91. The van der Waals surface area contributed by atoms with Gasteiger partial charge in [0.05, 0.1) is 24.7 Å². The molecule has 8 nitrogen and oxygen atoms in total. The number of likely N-dealkylation sites (tertiary alicyclic amines) is 1. The highest BCUT2D eigenvalue weighted by atomic mass is 16.6. The van der Waals surface area contributed by atoms with Crippen molar-refractivity contribution in [3.8, 4) is 11.5 Å². The van der Waals surface area contributed by atoms with E-state index in [0.29, 0.717) is 18.1 Å². The third-order valence-corrected chi connectivity index (χ3v) is 5.93. The molecule has 0 aromatic heterocycles. The molecule has 8 heteroatoms. The molecule has 1 aromatic rings. The fraction of sp³-hybridized carbons (Fsp3) is 0.667. The van der Waals surface area contributed by atoms with Crippen LogP contribution in [0.15, 0.2) is 12.1 Å². The number of nitro groups is 1. The van der Waals surface area contributed by atoms with Crippen molar-refractivity contribution in [1.82, 2.24) is 4.90 Å². The summed E-state index contributed by atoms with van der Waals surface area (Å²) in [6, 6.07) is 2.92. The summed E-state index contributed by atoms with van der Waals surface area (Å²) in [5.74, 6) is 0.600. The molecule has 1 aliphatic carbocycles. The summed E-state index contributed by atoms with van der Waals surface area (Å²) in [5, 5.41) is 11.7. The lowest BCUT2D eigenvalue weighted by Gasteiger charge is -2.22. The van der Waals surface area contributed by atoms with Crippen molar-refractivity contribution in [2.75, 3.05) is 45.3 Å². The number of hydrogen-bond donors (Lipinski definition) is 0. The van der Waals surface area contributed by atoms with Crippen LogP contribution in [-0.4, -0.2) is 56.1 Å². The number of benzene rings is 1. The zero-order valence-corrected chi connectivity index (χ0v) is 17.4.